The Morgan fingerprint density at radius 1 is 1.14 bits per heavy atom. The number of non-ortho nitro benzene ring substituents is 1. The van der Waals surface area contributed by atoms with E-state index in [2.05, 4.69) is 4.98 Å². The summed E-state index contributed by atoms with van der Waals surface area (Å²) in [4.78, 5) is 49.1. The third-order valence-electron chi connectivity index (χ3n) is 4.06. The second-order valence-corrected chi connectivity index (χ2v) is 6.06. The van der Waals surface area contributed by atoms with Gasteiger partial charge in [0.2, 0.25) is 5.78 Å². The molecule has 0 aliphatic heterocycles. The summed E-state index contributed by atoms with van der Waals surface area (Å²) in [6.45, 7) is 4.64. The number of nitrogens with zero attached hydrogens (tertiary/aromatic N) is 1. The zero-order chi connectivity index (χ0) is 21.6. The molecule has 2 rings (SSSR count). The highest BCUT2D eigenvalue weighted by Crippen LogP contribution is 2.19. The number of rotatable bonds is 8. The molecule has 0 unspecified atom stereocenters. The van der Waals surface area contributed by atoms with Crippen molar-refractivity contribution in [3.05, 3.63) is 68.5 Å². The van der Waals surface area contributed by atoms with Crippen LogP contribution in [-0.4, -0.2) is 40.8 Å². The minimum Gasteiger partial charge on any atom is -0.461 e. The van der Waals surface area contributed by atoms with Gasteiger partial charge in [-0.15, -0.1) is 0 Å². The van der Waals surface area contributed by atoms with Crippen LogP contribution < -0.4 is 0 Å². The third-order valence-corrected chi connectivity index (χ3v) is 4.06. The van der Waals surface area contributed by atoms with Crippen molar-refractivity contribution >= 4 is 29.5 Å². The second-order valence-electron chi connectivity index (χ2n) is 6.06. The largest absolute Gasteiger partial charge is 0.461 e. The number of Topliss-reactive ketones (excluding diaryl/α,β-unsaturated/α-hetero) is 1. The van der Waals surface area contributed by atoms with E-state index in [9.17, 15) is 24.5 Å². The van der Waals surface area contributed by atoms with Gasteiger partial charge < -0.3 is 14.5 Å². The number of aryl methyl sites for hydroxylation is 1. The molecule has 0 radical (unpaired) electrons. The zero-order valence-electron chi connectivity index (χ0n) is 16.2. The summed E-state index contributed by atoms with van der Waals surface area (Å²) in [6, 6.07) is 5.59. The van der Waals surface area contributed by atoms with Crippen molar-refractivity contribution < 1.29 is 28.8 Å². The van der Waals surface area contributed by atoms with Gasteiger partial charge in [0.25, 0.3) is 5.69 Å². The number of hydrogen-bond acceptors (Lipinski definition) is 7. The van der Waals surface area contributed by atoms with Crippen LogP contribution in [0, 0.1) is 24.0 Å². The molecular formula is C20H20N2O7. The van der Waals surface area contributed by atoms with Gasteiger partial charge in [0.1, 0.15) is 5.69 Å². The van der Waals surface area contributed by atoms with Crippen LogP contribution in [0.2, 0.25) is 0 Å². The molecule has 2 aromatic rings. The standard InChI is InChI=1S/C20H20N2O7/c1-4-28-20(25)19-12(2)18(13(3)21-19)16(23)11-29-17(24)10-7-14-5-8-15(9-6-14)22(26)27/h5-10,21H,4,11H2,1-3H3/b10-7+. The van der Waals surface area contributed by atoms with Gasteiger partial charge in [-0.3, -0.25) is 14.9 Å². The lowest BCUT2D eigenvalue weighted by Crippen LogP contribution is -2.14. The van der Waals surface area contributed by atoms with Gasteiger partial charge in [0, 0.05) is 29.5 Å². The molecule has 0 bridgehead atoms. The molecule has 9 nitrogen and oxygen atoms in total. The van der Waals surface area contributed by atoms with Crippen molar-refractivity contribution in [2.24, 2.45) is 0 Å². The number of benzene rings is 1. The molecule has 1 aromatic heterocycles. The number of carbonyl (C=O) groups is 3. The lowest BCUT2D eigenvalue weighted by molar-refractivity contribution is -0.384. The average Bonchev–Trinajstić information content (AvgIpc) is 2.99. The molecule has 0 saturated heterocycles. The molecule has 1 heterocycles. The van der Waals surface area contributed by atoms with Crippen LogP contribution >= 0.6 is 0 Å². The fraction of sp³-hybridized carbons (Fsp3) is 0.250. The summed E-state index contributed by atoms with van der Waals surface area (Å²) in [5, 5.41) is 10.6. The average molecular weight is 400 g/mol. The Hall–Kier alpha value is -3.75. The molecule has 9 heteroatoms. The van der Waals surface area contributed by atoms with Crippen molar-refractivity contribution in [2.45, 2.75) is 20.8 Å². The number of ketones is 1. The maximum atomic E-state index is 12.4. The first-order valence-electron chi connectivity index (χ1n) is 8.73. The smallest absolute Gasteiger partial charge is 0.355 e. The van der Waals surface area contributed by atoms with Gasteiger partial charge in [0.05, 0.1) is 11.5 Å². The van der Waals surface area contributed by atoms with E-state index in [1.165, 1.54) is 30.3 Å². The van der Waals surface area contributed by atoms with E-state index in [0.29, 0.717) is 16.8 Å². The van der Waals surface area contributed by atoms with E-state index in [0.717, 1.165) is 6.08 Å². The minimum absolute atomic E-state index is 0.0604. The van der Waals surface area contributed by atoms with Crippen LogP contribution in [0.3, 0.4) is 0 Å². The molecule has 1 aromatic carbocycles. The van der Waals surface area contributed by atoms with Gasteiger partial charge in [-0.25, -0.2) is 9.59 Å². The van der Waals surface area contributed by atoms with Gasteiger partial charge >= 0.3 is 11.9 Å². The van der Waals surface area contributed by atoms with Crippen LogP contribution in [0.25, 0.3) is 6.08 Å². The number of esters is 2. The Kier molecular flexibility index (Phi) is 7.02. The molecule has 29 heavy (non-hydrogen) atoms. The first-order chi connectivity index (χ1) is 13.7. The van der Waals surface area contributed by atoms with Crippen molar-refractivity contribution in [1.82, 2.24) is 4.98 Å². The topological polar surface area (TPSA) is 129 Å². The van der Waals surface area contributed by atoms with Crippen molar-refractivity contribution in [3.8, 4) is 0 Å². The van der Waals surface area contributed by atoms with Crippen molar-refractivity contribution in [1.29, 1.82) is 0 Å². The molecule has 152 valence electrons. The molecule has 0 spiro atoms. The van der Waals surface area contributed by atoms with Crippen LogP contribution in [0.15, 0.2) is 30.3 Å². The number of aromatic nitrogens is 1. The summed E-state index contributed by atoms with van der Waals surface area (Å²) in [6.07, 6.45) is 2.54. The number of hydrogen-bond donors (Lipinski definition) is 1. The molecule has 0 fully saturated rings. The second kappa shape index (κ2) is 9.45. The summed E-state index contributed by atoms with van der Waals surface area (Å²) in [5.74, 6) is -1.76. The SMILES string of the molecule is CCOC(=O)c1[nH]c(C)c(C(=O)COC(=O)/C=C/c2ccc([N+](=O)[O-])cc2)c1C. The zero-order valence-corrected chi connectivity index (χ0v) is 16.2. The highest BCUT2D eigenvalue weighted by atomic mass is 16.6. The lowest BCUT2D eigenvalue weighted by atomic mass is 10.1. The summed E-state index contributed by atoms with van der Waals surface area (Å²) in [7, 11) is 0. The molecule has 0 aliphatic carbocycles. The summed E-state index contributed by atoms with van der Waals surface area (Å²) >= 11 is 0. The quantitative estimate of drug-likeness (QED) is 0.237. The summed E-state index contributed by atoms with van der Waals surface area (Å²) < 4.78 is 9.89. The predicted octanol–water partition coefficient (Wildman–Crippen LogP) is 3.16. The number of nitrogens with one attached hydrogen (secondary N) is 1. The van der Waals surface area contributed by atoms with Crippen LogP contribution in [0.1, 0.15) is 44.6 Å². The highest BCUT2D eigenvalue weighted by Gasteiger charge is 2.23. The molecule has 0 aliphatic rings. The number of nitro groups is 1. The van der Waals surface area contributed by atoms with E-state index >= 15 is 0 Å². The molecule has 1 N–H and O–H groups in total. The maximum Gasteiger partial charge on any atom is 0.355 e. The fourth-order valence-electron chi connectivity index (χ4n) is 2.70. The number of carbonyl (C=O) groups excluding carboxylic acids is 3. The molecule has 0 atom stereocenters. The van der Waals surface area contributed by atoms with Crippen molar-refractivity contribution in [2.75, 3.05) is 13.2 Å². The van der Waals surface area contributed by atoms with Crippen LogP contribution in [0.4, 0.5) is 5.69 Å². The maximum absolute atomic E-state index is 12.4. The molecule has 0 saturated carbocycles. The fourth-order valence-corrected chi connectivity index (χ4v) is 2.70. The summed E-state index contributed by atoms with van der Waals surface area (Å²) in [5.41, 5.74) is 1.89. The van der Waals surface area contributed by atoms with Gasteiger partial charge in [-0.05, 0) is 50.1 Å². The van der Waals surface area contributed by atoms with E-state index in [1.807, 2.05) is 0 Å². The molecule has 0 amide bonds. The van der Waals surface area contributed by atoms with E-state index in [1.54, 1.807) is 20.8 Å². The minimum atomic E-state index is -0.742. The first-order valence-corrected chi connectivity index (χ1v) is 8.73. The van der Waals surface area contributed by atoms with Gasteiger partial charge in [0.15, 0.2) is 6.61 Å². The Bertz CT molecular complexity index is 971. The number of aromatic amines is 1. The number of ether oxygens (including phenoxy) is 2. The Balaban J connectivity index is 1.99. The monoisotopic (exact) mass is 400 g/mol. The third kappa shape index (κ3) is 5.38. The Morgan fingerprint density at radius 2 is 1.79 bits per heavy atom. The van der Waals surface area contributed by atoms with Crippen LogP contribution in [0.5, 0.6) is 0 Å². The number of nitro benzene ring substituents is 1. The van der Waals surface area contributed by atoms with Gasteiger partial charge in [-0.1, -0.05) is 0 Å². The van der Waals surface area contributed by atoms with E-state index in [4.69, 9.17) is 9.47 Å². The van der Waals surface area contributed by atoms with E-state index < -0.39 is 29.3 Å². The normalized spacial score (nSPS) is 10.7. The lowest BCUT2D eigenvalue weighted by Gasteiger charge is -2.04. The molecular weight excluding hydrogens is 380 g/mol. The highest BCUT2D eigenvalue weighted by molar-refractivity contribution is 6.04. The number of H-pyrrole nitrogens is 1. The Labute approximate surface area is 166 Å². The Morgan fingerprint density at radius 3 is 2.38 bits per heavy atom. The van der Waals surface area contributed by atoms with Gasteiger partial charge in [-0.2, -0.15) is 0 Å². The predicted molar refractivity (Wildman–Crippen MR) is 104 cm³/mol. The first kappa shape index (κ1) is 21.5. The van der Waals surface area contributed by atoms with Crippen molar-refractivity contribution in [3.63, 3.8) is 0 Å². The van der Waals surface area contributed by atoms with E-state index in [-0.39, 0.29) is 23.6 Å². The van der Waals surface area contributed by atoms with Crippen LogP contribution in [-0.2, 0) is 14.3 Å².